The first-order valence-corrected chi connectivity index (χ1v) is 8.20. The molecule has 1 aliphatic rings. The van der Waals surface area contributed by atoms with E-state index in [0.717, 1.165) is 25.9 Å². The number of rotatable bonds is 4. The highest BCUT2D eigenvalue weighted by Gasteiger charge is 2.22. The molecule has 3 heteroatoms. The summed E-state index contributed by atoms with van der Waals surface area (Å²) < 4.78 is 0. The van der Waals surface area contributed by atoms with Gasteiger partial charge in [-0.25, -0.2) is 0 Å². The van der Waals surface area contributed by atoms with Crippen LogP contribution in [0.15, 0.2) is 42.5 Å². The standard InChI is InChI=1S/C19H24N2O/c1-14-13-20-11-10-18(14)21-19(22)9-7-15-6-8-16-4-2-3-5-17(16)12-15/h2-6,8,12,14,18,20H,7,9-11,13H2,1H3,(H,21,22). The molecule has 0 aliphatic carbocycles. The third-order valence-electron chi connectivity index (χ3n) is 4.59. The van der Waals surface area contributed by atoms with Crippen molar-refractivity contribution in [2.24, 2.45) is 5.92 Å². The summed E-state index contributed by atoms with van der Waals surface area (Å²) in [6, 6.07) is 15.1. The van der Waals surface area contributed by atoms with Crippen molar-refractivity contribution in [3.05, 3.63) is 48.0 Å². The van der Waals surface area contributed by atoms with E-state index in [-0.39, 0.29) is 5.91 Å². The maximum absolute atomic E-state index is 12.2. The van der Waals surface area contributed by atoms with Crippen molar-refractivity contribution in [1.29, 1.82) is 0 Å². The molecule has 1 fully saturated rings. The molecule has 2 aromatic carbocycles. The minimum Gasteiger partial charge on any atom is -0.353 e. The molecule has 2 aromatic rings. The topological polar surface area (TPSA) is 41.1 Å². The zero-order valence-electron chi connectivity index (χ0n) is 13.1. The second-order valence-corrected chi connectivity index (χ2v) is 6.33. The molecule has 0 aromatic heterocycles. The molecule has 1 heterocycles. The Morgan fingerprint density at radius 3 is 2.86 bits per heavy atom. The molecule has 3 rings (SSSR count). The molecule has 0 spiro atoms. The van der Waals surface area contributed by atoms with E-state index < -0.39 is 0 Å². The van der Waals surface area contributed by atoms with Crippen molar-refractivity contribution in [1.82, 2.24) is 10.6 Å². The minimum atomic E-state index is 0.173. The number of nitrogens with one attached hydrogen (secondary N) is 2. The average molecular weight is 296 g/mol. The Balaban J connectivity index is 1.55. The highest BCUT2D eigenvalue weighted by atomic mass is 16.1. The summed E-state index contributed by atoms with van der Waals surface area (Å²) in [6.45, 7) is 4.19. The molecular formula is C19H24N2O. The Morgan fingerprint density at radius 2 is 2.05 bits per heavy atom. The first-order valence-electron chi connectivity index (χ1n) is 8.20. The normalized spacial score (nSPS) is 21.7. The quantitative estimate of drug-likeness (QED) is 0.911. The predicted octanol–water partition coefficient (Wildman–Crippen LogP) is 2.89. The molecule has 2 unspecified atom stereocenters. The van der Waals surface area contributed by atoms with E-state index in [1.54, 1.807) is 0 Å². The molecule has 1 saturated heterocycles. The SMILES string of the molecule is CC1CNCCC1NC(=O)CCc1ccc2ccccc2c1. The highest BCUT2D eigenvalue weighted by molar-refractivity contribution is 5.83. The lowest BCUT2D eigenvalue weighted by molar-refractivity contribution is -0.122. The lowest BCUT2D eigenvalue weighted by Gasteiger charge is -2.30. The molecule has 0 radical (unpaired) electrons. The molecule has 2 atom stereocenters. The van der Waals surface area contributed by atoms with Gasteiger partial charge in [0.2, 0.25) is 5.91 Å². The maximum atomic E-state index is 12.2. The number of carbonyl (C=O) groups excluding carboxylic acids is 1. The van der Waals surface area contributed by atoms with Crippen LogP contribution in [0.1, 0.15) is 25.3 Å². The van der Waals surface area contributed by atoms with Gasteiger partial charge in [0.25, 0.3) is 0 Å². The zero-order valence-corrected chi connectivity index (χ0v) is 13.1. The van der Waals surface area contributed by atoms with Crippen LogP contribution >= 0.6 is 0 Å². The number of amides is 1. The molecule has 0 saturated carbocycles. The van der Waals surface area contributed by atoms with Crippen LogP contribution < -0.4 is 10.6 Å². The summed E-state index contributed by atoms with van der Waals surface area (Å²) in [7, 11) is 0. The van der Waals surface area contributed by atoms with Gasteiger partial charge in [0.1, 0.15) is 0 Å². The number of hydrogen-bond acceptors (Lipinski definition) is 2. The van der Waals surface area contributed by atoms with Crippen LogP contribution in [0.3, 0.4) is 0 Å². The molecule has 2 N–H and O–H groups in total. The van der Waals surface area contributed by atoms with E-state index >= 15 is 0 Å². The zero-order chi connectivity index (χ0) is 15.4. The van der Waals surface area contributed by atoms with Gasteiger partial charge in [0.05, 0.1) is 0 Å². The second-order valence-electron chi connectivity index (χ2n) is 6.33. The Labute approximate surface area is 132 Å². The van der Waals surface area contributed by atoms with Crippen molar-refractivity contribution in [2.75, 3.05) is 13.1 Å². The van der Waals surface area contributed by atoms with Gasteiger partial charge in [-0.05, 0) is 48.2 Å². The summed E-state index contributed by atoms with van der Waals surface area (Å²) in [5.74, 6) is 0.685. The number of piperidine rings is 1. The van der Waals surface area contributed by atoms with Crippen molar-refractivity contribution in [2.45, 2.75) is 32.2 Å². The predicted molar refractivity (Wildman–Crippen MR) is 90.9 cm³/mol. The van der Waals surface area contributed by atoms with E-state index in [0.29, 0.717) is 18.4 Å². The summed E-state index contributed by atoms with van der Waals surface area (Å²) in [4.78, 5) is 12.2. The van der Waals surface area contributed by atoms with Gasteiger partial charge < -0.3 is 10.6 Å². The summed E-state index contributed by atoms with van der Waals surface area (Å²) in [5.41, 5.74) is 1.23. The average Bonchev–Trinajstić information content (AvgIpc) is 2.55. The minimum absolute atomic E-state index is 0.173. The number of hydrogen-bond donors (Lipinski definition) is 2. The Kier molecular flexibility index (Phi) is 4.74. The number of aryl methyl sites for hydroxylation is 1. The van der Waals surface area contributed by atoms with Crippen LogP contribution in [0.2, 0.25) is 0 Å². The monoisotopic (exact) mass is 296 g/mol. The van der Waals surface area contributed by atoms with Gasteiger partial charge in [-0.2, -0.15) is 0 Å². The maximum Gasteiger partial charge on any atom is 0.220 e. The van der Waals surface area contributed by atoms with Gasteiger partial charge in [-0.1, -0.05) is 49.4 Å². The summed E-state index contributed by atoms with van der Waals surface area (Å²) in [5, 5.41) is 9.05. The number of fused-ring (bicyclic) bond motifs is 1. The Morgan fingerprint density at radius 1 is 1.23 bits per heavy atom. The van der Waals surface area contributed by atoms with Gasteiger partial charge in [-0.15, -0.1) is 0 Å². The molecule has 0 bridgehead atoms. The van der Waals surface area contributed by atoms with Crippen molar-refractivity contribution in [3.8, 4) is 0 Å². The molecule has 1 amide bonds. The van der Waals surface area contributed by atoms with Crippen LogP contribution in [0.4, 0.5) is 0 Å². The first-order chi connectivity index (χ1) is 10.7. The lowest BCUT2D eigenvalue weighted by atomic mass is 9.95. The molecule has 22 heavy (non-hydrogen) atoms. The fourth-order valence-corrected chi connectivity index (χ4v) is 3.16. The van der Waals surface area contributed by atoms with Crippen molar-refractivity contribution >= 4 is 16.7 Å². The highest BCUT2D eigenvalue weighted by Crippen LogP contribution is 2.17. The molecular weight excluding hydrogens is 272 g/mol. The van der Waals surface area contributed by atoms with E-state index in [4.69, 9.17) is 0 Å². The number of benzene rings is 2. The van der Waals surface area contributed by atoms with E-state index in [1.807, 2.05) is 0 Å². The Bertz CT molecular complexity index is 653. The number of carbonyl (C=O) groups is 1. The third kappa shape index (κ3) is 3.66. The fourth-order valence-electron chi connectivity index (χ4n) is 3.16. The van der Waals surface area contributed by atoms with Gasteiger partial charge in [-0.3, -0.25) is 4.79 Å². The van der Waals surface area contributed by atoms with Gasteiger partial charge in [0, 0.05) is 12.5 Å². The Hall–Kier alpha value is -1.87. The molecule has 3 nitrogen and oxygen atoms in total. The van der Waals surface area contributed by atoms with Crippen molar-refractivity contribution < 1.29 is 4.79 Å². The summed E-state index contributed by atoms with van der Waals surface area (Å²) >= 11 is 0. The van der Waals surface area contributed by atoms with E-state index in [1.165, 1.54) is 16.3 Å². The van der Waals surface area contributed by atoms with Crippen LogP contribution in [0, 0.1) is 5.92 Å². The third-order valence-corrected chi connectivity index (χ3v) is 4.59. The van der Waals surface area contributed by atoms with Crippen LogP contribution in [-0.2, 0) is 11.2 Å². The second kappa shape index (κ2) is 6.93. The van der Waals surface area contributed by atoms with Crippen LogP contribution in [0.5, 0.6) is 0 Å². The molecule has 1 aliphatic heterocycles. The largest absolute Gasteiger partial charge is 0.353 e. The molecule has 116 valence electrons. The summed E-state index contributed by atoms with van der Waals surface area (Å²) in [6.07, 6.45) is 2.40. The smallest absolute Gasteiger partial charge is 0.220 e. The first kappa shape index (κ1) is 15.0. The van der Waals surface area contributed by atoms with Crippen molar-refractivity contribution in [3.63, 3.8) is 0 Å². The van der Waals surface area contributed by atoms with E-state index in [2.05, 4.69) is 60.0 Å². The van der Waals surface area contributed by atoms with Crippen LogP contribution in [-0.4, -0.2) is 25.0 Å². The van der Waals surface area contributed by atoms with Gasteiger partial charge >= 0.3 is 0 Å². The fraction of sp³-hybridized carbons (Fsp3) is 0.421. The van der Waals surface area contributed by atoms with Gasteiger partial charge in [0.15, 0.2) is 0 Å². The van der Waals surface area contributed by atoms with E-state index in [9.17, 15) is 4.79 Å². The lowest BCUT2D eigenvalue weighted by Crippen LogP contribution is -2.48. The van der Waals surface area contributed by atoms with Crippen LogP contribution in [0.25, 0.3) is 10.8 Å².